The number of ether oxygens (including phenoxy) is 1. The number of hydrogen-bond donors (Lipinski definition) is 6. The minimum absolute atomic E-state index is 0.715. The predicted molar refractivity (Wildman–Crippen MR) is 57.0 cm³/mol. The van der Waals surface area contributed by atoms with Crippen molar-refractivity contribution in [3.63, 3.8) is 0 Å². The molecule has 0 saturated carbocycles. The van der Waals surface area contributed by atoms with Gasteiger partial charge in [-0.05, 0) is 0 Å². The van der Waals surface area contributed by atoms with Crippen molar-refractivity contribution in [2.45, 2.75) is 0 Å². The van der Waals surface area contributed by atoms with Crippen molar-refractivity contribution in [3.05, 3.63) is 11.1 Å². The van der Waals surface area contributed by atoms with Gasteiger partial charge in [0.15, 0.2) is 17.3 Å². The van der Waals surface area contributed by atoms with Crippen molar-refractivity contribution in [2.24, 2.45) is 10.9 Å². The lowest BCUT2D eigenvalue weighted by molar-refractivity contribution is 0.0593. The van der Waals surface area contributed by atoms with Crippen LogP contribution >= 0.6 is 0 Å². The lowest BCUT2D eigenvalue weighted by Crippen LogP contribution is -2.15. The van der Waals surface area contributed by atoms with E-state index in [2.05, 4.69) is 9.89 Å². The SMILES string of the molecule is COC(=O)c1c(O)c(O)c(O)c(/C(N)=N/O)c1O. The largest absolute Gasteiger partial charge is 0.506 e. The number of aromatic hydroxyl groups is 4. The molecule has 7 N–H and O–H groups in total. The molecule has 18 heavy (non-hydrogen) atoms. The van der Waals surface area contributed by atoms with Crippen LogP contribution in [0.5, 0.6) is 23.0 Å². The predicted octanol–water partition coefficient (Wildman–Crippen LogP) is -0.610. The molecule has 0 unspecified atom stereocenters. The third kappa shape index (κ3) is 1.77. The molecular weight excluding hydrogens is 248 g/mol. The third-order valence-electron chi connectivity index (χ3n) is 2.15. The zero-order valence-corrected chi connectivity index (χ0v) is 9.08. The van der Waals surface area contributed by atoms with Gasteiger partial charge in [-0.1, -0.05) is 5.16 Å². The highest BCUT2D eigenvalue weighted by Gasteiger charge is 2.30. The highest BCUT2D eigenvalue weighted by atomic mass is 16.5. The molecule has 0 amide bonds. The van der Waals surface area contributed by atoms with Crippen LogP contribution in [0.4, 0.5) is 0 Å². The molecule has 0 bridgehead atoms. The molecule has 98 valence electrons. The fraction of sp³-hybridized carbons (Fsp3) is 0.111. The second-order valence-corrected chi connectivity index (χ2v) is 3.12. The average molecular weight is 258 g/mol. The van der Waals surface area contributed by atoms with Gasteiger partial charge in [0.2, 0.25) is 5.75 Å². The molecule has 0 aromatic heterocycles. The molecule has 0 radical (unpaired) electrons. The molecular formula is C9H10N2O7. The standard InChI is InChI=1S/C9H10N2O7/c1-18-9(16)3-4(12)2(8(10)11-17)5(13)7(15)6(3)14/h12-15,17H,1H3,(H2,10,11). The van der Waals surface area contributed by atoms with Crippen LogP contribution < -0.4 is 5.73 Å². The number of carbonyl (C=O) groups excluding carboxylic acids is 1. The Bertz CT molecular complexity index is 538. The van der Waals surface area contributed by atoms with E-state index in [1.165, 1.54) is 0 Å². The topological polar surface area (TPSA) is 166 Å². The number of rotatable bonds is 2. The molecule has 0 heterocycles. The van der Waals surface area contributed by atoms with E-state index in [0.717, 1.165) is 7.11 Å². The van der Waals surface area contributed by atoms with Crippen LogP contribution in [0.15, 0.2) is 5.16 Å². The third-order valence-corrected chi connectivity index (χ3v) is 2.15. The molecule has 9 nitrogen and oxygen atoms in total. The Morgan fingerprint density at radius 1 is 1.06 bits per heavy atom. The Kier molecular flexibility index (Phi) is 3.36. The molecule has 0 fully saturated rings. The van der Waals surface area contributed by atoms with Crippen molar-refractivity contribution < 1.29 is 35.2 Å². The van der Waals surface area contributed by atoms with Gasteiger partial charge in [0.05, 0.1) is 7.11 Å². The van der Waals surface area contributed by atoms with Gasteiger partial charge in [0, 0.05) is 0 Å². The van der Waals surface area contributed by atoms with E-state index < -0.39 is 45.9 Å². The normalized spacial score (nSPS) is 11.3. The van der Waals surface area contributed by atoms with E-state index in [0.29, 0.717) is 0 Å². The molecule has 1 aromatic carbocycles. The van der Waals surface area contributed by atoms with E-state index in [-0.39, 0.29) is 0 Å². The van der Waals surface area contributed by atoms with Crippen LogP contribution in [0.25, 0.3) is 0 Å². The Balaban J connectivity index is 3.76. The molecule has 0 aliphatic rings. The smallest absolute Gasteiger partial charge is 0.345 e. The molecule has 1 aromatic rings. The molecule has 0 saturated heterocycles. The number of hydrogen-bond acceptors (Lipinski definition) is 8. The summed E-state index contributed by atoms with van der Waals surface area (Å²) in [5.74, 6) is -6.21. The van der Waals surface area contributed by atoms with Crippen LogP contribution in [0, 0.1) is 0 Å². The lowest BCUT2D eigenvalue weighted by atomic mass is 10.0. The van der Waals surface area contributed by atoms with Crippen LogP contribution in [0.1, 0.15) is 15.9 Å². The van der Waals surface area contributed by atoms with Crippen LogP contribution in [0.2, 0.25) is 0 Å². The van der Waals surface area contributed by atoms with Crippen LogP contribution in [0.3, 0.4) is 0 Å². The maximum absolute atomic E-state index is 11.3. The summed E-state index contributed by atoms with van der Waals surface area (Å²) in [5, 5.41) is 48.9. The number of oxime groups is 1. The Morgan fingerprint density at radius 3 is 2.00 bits per heavy atom. The van der Waals surface area contributed by atoms with Gasteiger partial charge in [-0.3, -0.25) is 0 Å². The van der Waals surface area contributed by atoms with Crippen molar-refractivity contribution in [2.75, 3.05) is 7.11 Å². The number of phenols is 4. The lowest BCUT2D eigenvalue weighted by Gasteiger charge is -2.13. The minimum Gasteiger partial charge on any atom is -0.506 e. The fourth-order valence-electron chi connectivity index (χ4n) is 1.29. The van der Waals surface area contributed by atoms with Gasteiger partial charge >= 0.3 is 5.97 Å². The quantitative estimate of drug-likeness (QED) is 0.0776. The summed E-state index contributed by atoms with van der Waals surface area (Å²) >= 11 is 0. The summed E-state index contributed by atoms with van der Waals surface area (Å²) < 4.78 is 4.27. The number of benzene rings is 1. The Hall–Kier alpha value is -2.84. The first-order valence-corrected chi connectivity index (χ1v) is 4.42. The molecule has 0 atom stereocenters. The summed E-state index contributed by atoms with van der Waals surface area (Å²) in [6.07, 6.45) is 0. The van der Waals surface area contributed by atoms with E-state index in [4.69, 9.17) is 10.9 Å². The van der Waals surface area contributed by atoms with Crippen molar-refractivity contribution >= 4 is 11.8 Å². The first-order chi connectivity index (χ1) is 8.36. The molecule has 1 rings (SSSR count). The first-order valence-electron chi connectivity index (χ1n) is 4.42. The number of methoxy groups -OCH3 is 1. The highest BCUT2D eigenvalue weighted by Crippen LogP contribution is 2.46. The summed E-state index contributed by atoms with van der Waals surface area (Å²) in [6.45, 7) is 0. The van der Waals surface area contributed by atoms with Crippen molar-refractivity contribution in [1.82, 2.24) is 0 Å². The summed E-state index contributed by atoms with van der Waals surface area (Å²) in [4.78, 5) is 11.3. The Morgan fingerprint density at radius 2 is 1.56 bits per heavy atom. The number of carbonyl (C=O) groups is 1. The molecule has 9 heteroatoms. The number of esters is 1. The van der Waals surface area contributed by atoms with Gasteiger partial charge in [0.1, 0.15) is 16.9 Å². The number of nitrogens with zero attached hydrogens (tertiary/aromatic N) is 1. The second-order valence-electron chi connectivity index (χ2n) is 3.12. The van der Waals surface area contributed by atoms with Gasteiger partial charge in [-0.15, -0.1) is 0 Å². The maximum Gasteiger partial charge on any atom is 0.345 e. The van der Waals surface area contributed by atoms with Crippen LogP contribution in [-0.4, -0.2) is 44.5 Å². The first kappa shape index (κ1) is 13.2. The highest BCUT2D eigenvalue weighted by molar-refractivity contribution is 6.08. The number of phenolic OH excluding ortho intramolecular Hbond substituents is 4. The van der Waals surface area contributed by atoms with E-state index in [9.17, 15) is 25.2 Å². The van der Waals surface area contributed by atoms with Crippen LogP contribution in [-0.2, 0) is 4.74 Å². The summed E-state index contributed by atoms with van der Waals surface area (Å²) in [7, 11) is 0.967. The minimum atomic E-state index is -1.19. The van der Waals surface area contributed by atoms with E-state index in [1.54, 1.807) is 0 Å². The van der Waals surface area contributed by atoms with E-state index >= 15 is 0 Å². The fourth-order valence-corrected chi connectivity index (χ4v) is 1.29. The van der Waals surface area contributed by atoms with E-state index in [1.807, 2.05) is 0 Å². The monoisotopic (exact) mass is 258 g/mol. The second kappa shape index (κ2) is 4.57. The van der Waals surface area contributed by atoms with Gasteiger partial charge < -0.3 is 36.1 Å². The summed E-state index contributed by atoms with van der Waals surface area (Å²) in [6, 6.07) is 0. The Labute approximate surface area is 100.0 Å². The number of nitrogens with two attached hydrogens (primary N) is 1. The van der Waals surface area contributed by atoms with Gasteiger partial charge in [-0.25, -0.2) is 4.79 Å². The number of amidine groups is 1. The molecule has 0 aliphatic heterocycles. The molecule has 0 spiro atoms. The molecule has 0 aliphatic carbocycles. The van der Waals surface area contributed by atoms with Crippen molar-refractivity contribution in [3.8, 4) is 23.0 Å². The zero-order valence-electron chi connectivity index (χ0n) is 9.08. The van der Waals surface area contributed by atoms with Gasteiger partial charge in [-0.2, -0.15) is 0 Å². The maximum atomic E-state index is 11.3. The van der Waals surface area contributed by atoms with Gasteiger partial charge in [0.25, 0.3) is 0 Å². The van der Waals surface area contributed by atoms with Crippen molar-refractivity contribution in [1.29, 1.82) is 0 Å². The average Bonchev–Trinajstić information content (AvgIpc) is 2.35. The summed E-state index contributed by atoms with van der Waals surface area (Å²) in [5.41, 5.74) is 3.62. The zero-order chi connectivity index (χ0) is 14.0.